The third-order valence-corrected chi connectivity index (χ3v) is 6.61. The Labute approximate surface area is 172 Å². The van der Waals surface area contributed by atoms with Gasteiger partial charge in [-0.1, -0.05) is 61.7 Å². The van der Waals surface area contributed by atoms with E-state index in [1.165, 1.54) is 6.92 Å². The quantitative estimate of drug-likeness (QED) is 0.602. The standard InChI is InChI=1S/C24H27BO4/c1-17(26)21-12-8-9-18-15-20(25(28)29-23(18)21)16-22(27)24(13-6-3-7-14-24)19-10-4-2-5-11-19/h2,4-5,8-12,20,28H,3,6-7,13-16H2,1H3/t20-/m1/s1. The molecule has 150 valence electrons. The Bertz CT molecular complexity index is 902. The minimum atomic E-state index is -1.08. The van der Waals surface area contributed by atoms with Crippen LogP contribution in [-0.4, -0.2) is 23.7 Å². The fourth-order valence-electron chi connectivity index (χ4n) is 5.01. The first-order chi connectivity index (χ1) is 14.0. The molecule has 1 aliphatic carbocycles. The van der Waals surface area contributed by atoms with Gasteiger partial charge in [0.2, 0.25) is 0 Å². The molecular formula is C24H27BO4. The van der Waals surface area contributed by atoms with E-state index in [0.29, 0.717) is 17.7 Å². The molecule has 1 N–H and O–H groups in total. The molecule has 0 spiro atoms. The summed E-state index contributed by atoms with van der Waals surface area (Å²) < 4.78 is 5.75. The van der Waals surface area contributed by atoms with Crippen LogP contribution in [0.4, 0.5) is 0 Å². The third-order valence-electron chi connectivity index (χ3n) is 6.61. The van der Waals surface area contributed by atoms with E-state index in [9.17, 15) is 14.6 Å². The molecule has 0 unspecified atom stereocenters. The number of ketones is 2. The maximum atomic E-state index is 13.6. The zero-order valence-electron chi connectivity index (χ0n) is 16.9. The van der Waals surface area contributed by atoms with Gasteiger partial charge in [-0.25, -0.2) is 0 Å². The number of para-hydroxylation sites is 1. The maximum Gasteiger partial charge on any atom is 0.526 e. The number of carbonyl (C=O) groups is 2. The Kier molecular flexibility index (Phi) is 5.59. The average Bonchev–Trinajstić information content (AvgIpc) is 2.74. The number of hydrogen-bond acceptors (Lipinski definition) is 4. The average molecular weight is 390 g/mol. The summed E-state index contributed by atoms with van der Waals surface area (Å²) in [5, 5.41) is 10.6. The molecule has 4 nitrogen and oxygen atoms in total. The predicted molar refractivity (Wildman–Crippen MR) is 113 cm³/mol. The van der Waals surface area contributed by atoms with E-state index in [2.05, 4.69) is 12.1 Å². The van der Waals surface area contributed by atoms with Crippen LogP contribution in [0.1, 0.15) is 66.9 Å². The highest BCUT2D eigenvalue weighted by Crippen LogP contribution is 2.44. The zero-order valence-corrected chi connectivity index (χ0v) is 16.9. The van der Waals surface area contributed by atoms with Crippen molar-refractivity contribution >= 4 is 18.7 Å². The molecule has 0 bridgehead atoms. The van der Waals surface area contributed by atoms with Gasteiger partial charge in [-0.05, 0) is 43.4 Å². The van der Waals surface area contributed by atoms with E-state index in [0.717, 1.165) is 43.2 Å². The molecule has 0 amide bonds. The summed E-state index contributed by atoms with van der Waals surface area (Å²) in [7, 11) is -1.08. The molecule has 5 heteroatoms. The first-order valence-electron chi connectivity index (χ1n) is 10.6. The van der Waals surface area contributed by atoms with Crippen molar-refractivity contribution in [3.05, 3.63) is 65.2 Å². The minimum Gasteiger partial charge on any atom is -0.535 e. The lowest BCUT2D eigenvalue weighted by Gasteiger charge is -2.38. The van der Waals surface area contributed by atoms with E-state index < -0.39 is 12.5 Å². The summed E-state index contributed by atoms with van der Waals surface area (Å²) in [6, 6.07) is 15.6. The van der Waals surface area contributed by atoms with Gasteiger partial charge in [0, 0.05) is 12.2 Å². The molecule has 1 fully saturated rings. The number of rotatable bonds is 5. The van der Waals surface area contributed by atoms with Gasteiger partial charge in [0.25, 0.3) is 0 Å². The Hall–Kier alpha value is -2.40. The number of carbonyl (C=O) groups excluding carboxylic acids is 2. The van der Waals surface area contributed by atoms with Crippen molar-refractivity contribution in [1.82, 2.24) is 0 Å². The lowest BCUT2D eigenvalue weighted by molar-refractivity contribution is -0.126. The highest BCUT2D eigenvalue weighted by molar-refractivity contribution is 6.47. The van der Waals surface area contributed by atoms with Crippen LogP contribution in [0.25, 0.3) is 0 Å². The van der Waals surface area contributed by atoms with Crippen molar-refractivity contribution in [2.24, 2.45) is 0 Å². The van der Waals surface area contributed by atoms with Gasteiger partial charge in [0.15, 0.2) is 5.78 Å². The largest absolute Gasteiger partial charge is 0.535 e. The van der Waals surface area contributed by atoms with Crippen molar-refractivity contribution < 1.29 is 19.3 Å². The Morgan fingerprint density at radius 3 is 2.48 bits per heavy atom. The summed E-state index contributed by atoms with van der Waals surface area (Å²) in [5.74, 6) is 0.266. The Morgan fingerprint density at radius 2 is 1.79 bits per heavy atom. The third kappa shape index (κ3) is 3.76. The van der Waals surface area contributed by atoms with Gasteiger partial charge in [0.05, 0.1) is 11.0 Å². The molecule has 4 rings (SSSR count). The molecule has 29 heavy (non-hydrogen) atoms. The second kappa shape index (κ2) is 8.15. The molecule has 0 aromatic heterocycles. The van der Waals surface area contributed by atoms with Gasteiger partial charge in [-0.2, -0.15) is 0 Å². The second-order valence-corrected chi connectivity index (χ2v) is 8.46. The SMILES string of the molecule is CC(=O)c1cccc2c1OB(O)[C@@H](CC(=O)C1(c3ccccc3)CCCCC1)C2. The van der Waals surface area contributed by atoms with E-state index in [4.69, 9.17) is 4.65 Å². The normalized spacial score (nSPS) is 20.5. The van der Waals surface area contributed by atoms with Gasteiger partial charge in [-0.15, -0.1) is 0 Å². The number of fused-ring (bicyclic) bond motifs is 1. The van der Waals surface area contributed by atoms with Crippen LogP contribution in [0, 0.1) is 0 Å². The Balaban J connectivity index is 1.59. The van der Waals surface area contributed by atoms with Crippen LogP contribution in [0.2, 0.25) is 5.82 Å². The highest BCUT2D eigenvalue weighted by Gasteiger charge is 2.44. The number of benzene rings is 2. The molecule has 0 radical (unpaired) electrons. The van der Waals surface area contributed by atoms with Crippen molar-refractivity contribution in [1.29, 1.82) is 0 Å². The summed E-state index contributed by atoms with van der Waals surface area (Å²) in [4.78, 5) is 25.5. The molecule has 2 aromatic carbocycles. The van der Waals surface area contributed by atoms with Gasteiger partial charge < -0.3 is 9.68 Å². The smallest absolute Gasteiger partial charge is 0.526 e. The molecular weight excluding hydrogens is 363 g/mol. The van der Waals surface area contributed by atoms with Gasteiger partial charge in [0.1, 0.15) is 11.5 Å². The highest BCUT2D eigenvalue weighted by atomic mass is 16.5. The van der Waals surface area contributed by atoms with Gasteiger partial charge >= 0.3 is 7.12 Å². The van der Waals surface area contributed by atoms with Crippen molar-refractivity contribution in [2.45, 2.75) is 63.1 Å². The van der Waals surface area contributed by atoms with Crippen LogP contribution < -0.4 is 4.65 Å². The lowest BCUT2D eigenvalue weighted by atomic mass is 9.59. The molecule has 1 saturated carbocycles. The lowest BCUT2D eigenvalue weighted by Crippen LogP contribution is -2.42. The monoisotopic (exact) mass is 390 g/mol. The van der Waals surface area contributed by atoms with Crippen molar-refractivity contribution in [2.75, 3.05) is 0 Å². The molecule has 1 aliphatic heterocycles. The van der Waals surface area contributed by atoms with Crippen LogP contribution in [0.3, 0.4) is 0 Å². The van der Waals surface area contributed by atoms with E-state index in [1.54, 1.807) is 6.07 Å². The first-order valence-corrected chi connectivity index (χ1v) is 10.6. The first kappa shape index (κ1) is 19.9. The fourth-order valence-corrected chi connectivity index (χ4v) is 5.01. The zero-order chi connectivity index (χ0) is 20.4. The number of Topliss-reactive ketones (excluding diaryl/α,β-unsaturated/α-hetero) is 2. The second-order valence-electron chi connectivity index (χ2n) is 8.46. The van der Waals surface area contributed by atoms with Crippen LogP contribution >= 0.6 is 0 Å². The predicted octanol–water partition coefficient (Wildman–Crippen LogP) is 4.54. The molecule has 1 atom stereocenters. The molecule has 2 aromatic rings. The summed E-state index contributed by atoms with van der Waals surface area (Å²) in [6.45, 7) is 1.49. The molecule has 0 saturated heterocycles. The van der Waals surface area contributed by atoms with Crippen LogP contribution in [0.15, 0.2) is 48.5 Å². The maximum absolute atomic E-state index is 13.6. The van der Waals surface area contributed by atoms with Crippen LogP contribution in [0.5, 0.6) is 5.75 Å². The fraction of sp³-hybridized carbons (Fsp3) is 0.417. The molecule has 2 aliphatic rings. The van der Waals surface area contributed by atoms with E-state index in [1.807, 2.05) is 30.3 Å². The molecule has 1 heterocycles. The summed E-state index contributed by atoms with van der Waals surface area (Å²) in [6.07, 6.45) is 5.81. The van der Waals surface area contributed by atoms with Crippen molar-refractivity contribution in [3.8, 4) is 5.75 Å². The van der Waals surface area contributed by atoms with Gasteiger partial charge in [-0.3, -0.25) is 9.59 Å². The van der Waals surface area contributed by atoms with E-state index >= 15 is 0 Å². The van der Waals surface area contributed by atoms with Crippen molar-refractivity contribution in [3.63, 3.8) is 0 Å². The summed E-state index contributed by atoms with van der Waals surface area (Å²) in [5.41, 5.74) is 2.01. The summed E-state index contributed by atoms with van der Waals surface area (Å²) >= 11 is 0. The van der Waals surface area contributed by atoms with E-state index in [-0.39, 0.29) is 23.8 Å². The number of hydrogen-bond donors (Lipinski definition) is 1. The Morgan fingerprint density at radius 1 is 1.07 bits per heavy atom. The minimum absolute atomic E-state index is 0.0891. The topological polar surface area (TPSA) is 63.6 Å². The van der Waals surface area contributed by atoms with Crippen LogP contribution in [-0.2, 0) is 16.6 Å².